The average molecular weight is 298 g/mol. The topological polar surface area (TPSA) is 35.2 Å². The number of anilines is 1. The van der Waals surface area contributed by atoms with Crippen LogP contribution in [0.15, 0.2) is 18.2 Å². The van der Waals surface area contributed by atoms with Crippen LogP contribution in [-0.2, 0) is 0 Å². The zero-order valence-electron chi connectivity index (χ0n) is 13.5. The summed E-state index contributed by atoms with van der Waals surface area (Å²) in [5, 5.41) is 0. The van der Waals surface area contributed by atoms with Gasteiger partial charge >= 0.3 is 0 Å². The van der Waals surface area contributed by atoms with Crippen molar-refractivity contribution in [3.05, 3.63) is 24.0 Å². The van der Waals surface area contributed by atoms with Gasteiger partial charge in [-0.25, -0.2) is 4.98 Å². The van der Waals surface area contributed by atoms with Crippen LogP contribution in [0.4, 0.5) is 5.69 Å². The van der Waals surface area contributed by atoms with Crippen molar-refractivity contribution in [3.8, 4) is 0 Å². The predicted octanol–water partition coefficient (Wildman–Crippen LogP) is 3.36. The van der Waals surface area contributed by atoms with E-state index in [0.717, 1.165) is 31.7 Å². The number of aromatic amines is 1. The Morgan fingerprint density at radius 3 is 2.59 bits per heavy atom. The molecule has 0 radical (unpaired) electrons. The maximum Gasteiger partial charge on any atom is 0.110 e. The molecule has 1 aromatic carbocycles. The van der Waals surface area contributed by atoms with E-state index in [1.54, 1.807) is 0 Å². The Morgan fingerprint density at radius 2 is 1.82 bits per heavy atom. The highest BCUT2D eigenvalue weighted by molar-refractivity contribution is 5.79. The highest BCUT2D eigenvalue weighted by Crippen LogP contribution is 2.32. The highest BCUT2D eigenvalue weighted by atomic mass is 15.2. The Kier molecular flexibility index (Phi) is 3.78. The third-order valence-electron chi connectivity index (χ3n) is 5.34. The monoisotopic (exact) mass is 298 g/mol. The van der Waals surface area contributed by atoms with Gasteiger partial charge in [0.2, 0.25) is 0 Å². The van der Waals surface area contributed by atoms with E-state index in [1.165, 1.54) is 49.1 Å². The number of hydrogen-bond acceptors (Lipinski definition) is 3. The molecule has 22 heavy (non-hydrogen) atoms. The smallest absolute Gasteiger partial charge is 0.110 e. The SMILES string of the molecule is CN1CCN(c2ccc3nc(C4CCCCC4)[nH]c3c2)CC1. The number of fused-ring (bicyclic) bond motifs is 1. The maximum atomic E-state index is 4.85. The van der Waals surface area contributed by atoms with Crippen LogP contribution < -0.4 is 4.90 Å². The first-order valence-electron chi connectivity index (χ1n) is 8.73. The molecule has 118 valence electrons. The second-order valence-electron chi connectivity index (χ2n) is 6.95. The van der Waals surface area contributed by atoms with Crippen molar-refractivity contribution in [1.82, 2.24) is 14.9 Å². The fraction of sp³-hybridized carbons (Fsp3) is 0.611. The van der Waals surface area contributed by atoms with E-state index in [0.29, 0.717) is 5.92 Å². The van der Waals surface area contributed by atoms with E-state index in [-0.39, 0.29) is 0 Å². The van der Waals surface area contributed by atoms with Crippen LogP contribution in [0.2, 0.25) is 0 Å². The second-order valence-corrected chi connectivity index (χ2v) is 6.95. The number of imidazole rings is 1. The number of nitrogens with one attached hydrogen (secondary N) is 1. The summed E-state index contributed by atoms with van der Waals surface area (Å²) in [6, 6.07) is 6.71. The van der Waals surface area contributed by atoms with E-state index < -0.39 is 0 Å². The lowest BCUT2D eigenvalue weighted by molar-refractivity contribution is 0.313. The lowest BCUT2D eigenvalue weighted by Gasteiger charge is -2.34. The highest BCUT2D eigenvalue weighted by Gasteiger charge is 2.20. The quantitative estimate of drug-likeness (QED) is 0.923. The molecule has 0 atom stereocenters. The minimum absolute atomic E-state index is 0.647. The van der Waals surface area contributed by atoms with Gasteiger partial charge in [-0.05, 0) is 38.1 Å². The van der Waals surface area contributed by atoms with Crippen LogP contribution in [0.5, 0.6) is 0 Å². The van der Waals surface area contributed by atoms with Gasteiger partial charge in [0, 0.05) is 37.8 Å². The molecule has 0 bridgehead atoms. The van der Waals surface area contributed by atoms with E-state index in [2.05, 4.69) is 40.0 Å². The molecule has 1 saturated heterocycles. The number of likely N-dealkylation sites (N-methyl/N-ethyl adjacent to an activating group) is 1. The Bertz CT molecular complexity index is 634. The fourth-order valence-electron chi connectivity index (χ4n) is 3.85. The number of rotatable bonds is 2. The van der Waals surface area contributed by atoms with Crippen molar-refractivity contribution in [3.63, 3.8) is 0 Å². The molecule has 2 aromatic rings. The Hall–Kier alpha value is -1.55. The molecule has 1 N–H and O–H groups in total. The summed E-state index contributed by atoms with van der Waals surface area (Å²) in [6.07, 6.45) is 6.70. The van der Waals surface area contributed by atoms with Crippen LogP contribution in [0.1, 0.15) is 43.8 Å². The fourth-order valence-corrected chi connectivity index (χ4v) is 3.85. The van der Waals surface area contributed by atoms with Crippen LogP contribution >= 0.6 is 0 Å². The van der Waals surface area contributed by atoms with Gasteiger partial charge in [0.25, 0.3) is 0 Å². The van der Waals surface area contributed by atoms with Gasteiger partial charge in [-0.2, -0.15) is 0 Å². The summed E-state index contributed by atoms with van der Waals surface area (Å²) in [5.74, 6) is 1.86. The summed E-state index contributed by atoms with van der Waals surface area (Å²) < 4.78 is 0. The van der Waals surface area contributed by atoms with E-state index in [9.17, 15) is 0 Å². The molecule has 4 heteroatoms. The summed E-state index contributed by atoms with van der Waals surface area (Å²) >= 11 is 0. The molecule has 2 fully saturated rings. The summed E-state index contributed by atoms with van der Waals surface area (Å²) in [5.41, 5.74) is 3.66. The molecule has 4 nitrogen and oxygen atoms in total. The molecule has 1 aliphatic heterocycles. The average Bonchev–Trinajstić information content (AvgIpc) is 2.99. The number of hydrogen-bond donors (Lipinski definition) is 1. The number of piperazine rings is 1. The van der Waals surface area contributed by atoms with Crippen molar-refractivity contribution in [2.75, 3.05) is 38.1 Å². The predicted molar refractivity (Wildman–Crippen MR) is 91.6 cm³/mol. The van der Waals surface area contributed by atoms with Gasteiger partial charge in [0.05, 0.1) is 11.0 Å². The zero-order valence-corrected chi connectivity index (χ0v) is 13.5. The standard InChI is InChI=1S/C18H26N4/c1-21-9-11-22(12-10-21)15-7-8-16-17(13-15)20-18(19-16)14-5-3-2-4-6-14/h7-8,13-14H,2-6,9-12H2,1H3,(H,19,20). The molecule has 0 amide bonds. The van der Waals surface area contributed by atoms with Gasteiger partial charge in [0.1, 0.15) is 5.82 Å². The Labute approximate surface area is 132 Å². The minimum atomic E-state index is 0.647. The first-order chi connectivity index (χ1) is 10.8. The van der Waals surface area contributed by atoms with Gasteiger partial charge in [-0.3, -0.25) is 0 Å². The number of H-pyrrole nitrogens is 1. The number of nitrogens with zero attached hydrogens (tertiary/aromatic N) is 3. The number of aromatic nitrogens is 2. The first-order valence-corrected chi connectivity index (χ1v) is 8.73. The lowest BCUT2D eigenvalue weighted by Crippen LogP contribution is -2.44. The summed E-state index contributed by atoms with van der Waals surface area (Å²) in [6.45, 7) is 4.53. The first kappa shape index (κ1) is 14.1. The van der Waals surface area contributed by atoms with Crippen LogP contribution in [0.25, 0.3) is 11.0 Å². The molecule has 0 unspecified atom stereocenters. The maximum absolute atomic E-state index is 4.85. The normalized spacial score (nSPS) is 21.6. The Morgan fingerprint density at radius 1 is 1.05 bits per heavy atom. The third kappa shape index (κ3) is 2.72. The van der Waals surface area contributed by atoms with Gasteiger partial charge in [-0.1, -0.05) is 19.3 Å². The molecule has 2 aliphatic rings. The molecule has 0 spiro atoms. The molecular formula is C18H26N4. The molecule has 1 saturated carbocycles. The van der Waals surface area contributed by atoms with Gasteiger partial charge in [-0.15, -0.1) is 0 Å². The Balaban J connectivity index is 1.58. The molecule has 2 heterocycles. The van der Waals surface area contributed by atoms with Crippen molar-refractivity contribution in [2.24, 2.45) is 0 Å². The van der Waals surface area contributed by atoms with Crippen LogP contribution in [0, 0.1) is 0 Å². The van der Waals surface area contributed by atoms with Gasteiger partial charge in [0.15, 0.2) is 0 Å². The van der Waals surface area contributed by atoms with Gasteiger partial charge < -0.3 is 14.8 Å². The van der Waals surface area contributed by atoms with Crippen molar-refractivity contribution >= 4 is 16.7 Å². The zero-order chi connectivity index (χ0) is 14.9. The van der Waals surface area contributed by atoms with E-state index in [4.69, 9.17) is 4.98 Å². The van der Waals surface area contributed by atoms with Crippen LogP contribution in [0.3, 0.4) is 0 Å². The molecule has 4 rings (SSSR count). The molecular weight excluding hydrogens is 272 g/mol. The summed E-state index contributed by atoms with van der Waals surface area (Å²) in [4.78, 5) is 13.3. The van der Waals surface area contributed by atoms with E-state index >= 15 is 0 Å². The van der Waals surface area contributed by atoms with Crippen molar-refractivity contribution in [2.45, 2.75) is 38.0 Å². The summed E-state index contributed by atoms with van der Waals surface area (Å²) in [7, 11) is 2.20. The third-order valence-corrected chi connectivity index (χ3v) is 5.34. The minimum Gasteiger partial charge on any atom is -0.369 e. The lowest BCUT2D eigenvalue weighted by atomic mass is 9.89. The van der Waals surface area contributed by atoms with Crippen molar-refractivity contribution in [1.29, 1.82) is 0 Å². The molecule has 1 aliphatic carbocycles. The molecule has 1 aromatic heterocycles. The second kappa shape index (κ2) is 5.92. The number of benzene rings is 1. The largest absolute Gasteiger partial charge is 0.369 e. The van der Waals surface area contributed by atoms with Crippen LogP contribution in [-0.4, -0.2) is 48.1 Å². The van der Waals surface area contributed by atoms with Crippen molar-refractivity contribution < 1.29 is 0 Å². The van der Waals surface area contributed by atoms with E-state index in [1.807, 2.05) is 0 Å².